The van der Waals surface area contributed by atoms with Crippen molar-refractivity contribution in [3.63, 3.8) is 0 Å². The van der Waals surface area contributed by atoms with Crippen LogP contribution in [0.1, 0.15) is 13.3 Å². The number of carbonyl (C=O) groups is 2. The van der Waals surface area contributed by atoms with Gasteiger partial charge in [-0.3, -0.25) is 4.79 Å². The molecule has 0 aliphatic heterocycles. The highest BCUT2D eigenvalue weighted by molar-refractivity contribution is 6.35. The van der Waals surface area contributed by atoms with Gasteiger partial charge in [-0.25, -0.2) is 4.79 Å². The number of Topliss-reactive ketones (excluding diaryl/α,β-unsaturated/α-hetero) is 1. The lowest BCUT2D eigenvalue weighted by molar-refractivity contribution is -0.161. The zero-order chi connectivity index (χ0) is 11.1. The Hall–Kier alpha value is -0.980. The van der Waals surface area contributed by atoms with E-state index >= 15 is 0 Å². The van der Waals surface area contributed by atoms with Crippen molar-refractivity contribution in [1.29, 1.82) is 0 Å². The lowest BCUT2D eigenvalue weighted by Crippen LogP contribution is -2.41. The fourth-order valence-electron chi connectivity index (χ4n) is 0.661. The first-order valence-electron chi connectivity index (χ1n) is 4.22. The predicted octanol–water partition coefficient (Wildman–Crippen LogP) is -1.78. The van der Waals surface area contributed by atoms with Gasteiger partial charge in [-0.15, -0.1) is 0 Å². The quantitative estimate of drug-likeness (QED) is 0.350. The predicted molar refractivity (Wildman–Crippen MR) is 45.4 cm³/mol. The maximum absolute atomic E-state index is 11.0. The van der Waals surface area contributed by atoms with Crippen LogP contribution in [0, 0.1) is 0 Å². The molecule has 0 spiro atoms. The van der Waals surface area contributed by atoms with Crippen LogP contribution in [0.2, 0.25) is 0 Å². The van der Waals surface area contributed by atoms with E-state index in [2.05, 4.69) is 4.74 Å². The van der Waals surface area contributed by atoms with Crippen molar-refractivity contribution >= 4 is 11.8 Å². The molecule has 0 saturated heterocycles. The Morgan fingerprint density at radius 1 is 1.36 bits per heavy atom. The second-order valence-electron chi connectivity index (χ2n) is 2.69. The summed E-state index contributed by atoms with van der Waals surface area (Å²) in [5.41, 5.74) is 0. The molecule has 14 heavy (non-hydrogen) atoms. The highest BCUT2D eigenvalue weighted by atomic mass is 16.5. The van der Waals surface area contributed by atoms with Crippen molar-refractivity contribution in [2.45, 2.75) is 25.6 Å². The Morgan fingerprint density at radius 2 is 1.93 bits per heavy atom. The van der Waals surface area contributed by atoms with Crippen molar-refractivity contribution in [2.24, 2.45) is 0 Å². The number of hydrogen-bond donors (Lipinski definition) is 3. The van der Waals surface area contributed by atoms with E-state index < -0.39 is 30.6 Å². The van der Waals surface area contributed by atoms with Gasteiger partial charge in [0, 0.05) is 0 Å². The number of ketones is 1. The molecule has 2 atom stereocenters. The van der Waals surface area contributed by atoms with Gasteiger partial charge >= 0.3 is 5.97 Å². The van der Waals surface area contributed by atoms with Crippen molar-refractivity contribution in [1.82, 2.24) is 0 Å². The van der Waals surface area contributed by atoms with Crippen LogP contribution in [-0.4, -0.2) is 52.5 Å². The topological polar surface area (TPSA) is 104 Å². The van der Waals surface area contributed by atoms with Crippen LogP contribution in [0.5, 0.6) is 0 Å². The molecule has 3 N–H and O–H groups in total. The van der Waals surface area contributed by atoms with E-state index in [1.54, 1.807) is 6.92 Å². The molecule has 0 fully saturated rings. The Balaban J connectivity index is 4.10. The van der Waals surface area contributed by atoms with E-state index in [1.165, 1.54) is 0 Å². The number of ether oxygens (including phenoxy) is 1. The van der Waals surface area contributed by atoms with Gasteiger partial charge in [0.15, 0.2) is 6.10 Å². The summed E-state index contributed by atoms with van der Waals surface area (Å²) in [4.78, 5) is 21.8. The fraction of sp³-hybridized carbons (Fsp3) is 0.750. The standard InChI is InChI=1S/C8H14O6/c1-2-3-14-8(13)7(12)6(11)5(10)4-9/h5-6,9-11H,2-4H2,1H3/t5-,6+/m0/s1. The molecule has 0 unspecified atom stereocenters. The zero-order valence-corrected chi connectivity index (χ0v) is 7.84. The van der Waals surface area contributed by atoms with Gasteiger partial charge in [0.25, 0.3) is 5.78 Å². The summed E-state index contributed by atoms with van der Waals surface area (Å²) in [6, 6.07) is 0. The molecule has 0 aliphatic carbocycles. The number of carbonyl (C=O) groups excluding carboxylic acids is 2. The van der Waals surface area contributed by atoms with E-state index in [1.807, 2.05) is 0 Å². The van der Waals surface area contributed by atoms with Crippen LogP contribution in [0.4, 0.5) is 0 Å². The van der Waals surface area contributed by atoms with Gasteiger partial charge in [0.05, 0.1) is 13.2 Å². The van der Waals surface area contributed by atoms with Crippen molar-refractivity contribution in [3.05, 3.63) is 0 Å². The monoisotopic (exact) mass is 206 g/mol. The molecule has 0 aromatic rings. The molecule has 0 aromatic heterocycles. The summed E-state index contributed by atoms with van der Waals surface area (Å²) < 4.78 is 4.43. The van der Waals surface area contributed by atoms with Gasteiger partial charge < -0.3 is 20.1 Å². The zero-order valence-electron chi connectivity index (χ0n) is 7.84. The summed E-state index contributed by atoms with van der Waals surface area (Å²) in [6.07, 6.45) is -3.03. The third-order valence-corrected chi connectivity index (χ3v) is 1.46. The van der Waals surface area contributed by atoms with Crippen LogP contribution in [0.25, 0.3) is 0 Å². The first kappa shape index (κ1) is 13.0. The van der Waals surface area contributed by atoms with E-state index in [4.69, 9.17) is 15.3 Å². The van der Waals surface area contributed by atoms with Gasteiger partial charge in [-0.05, 0) is 6.42 Å². The van der Waals surface area contributed by atoms with Crippen molar-refractivity contribution in [3.8, 4) is 0 Å². The second-order valence-corrected chi connectivity index (χ2v) is 2.69. The summed E-state index contributed by atoms with van der Waals surface area (Å²) in [6.45, 7) is 1.03. The molecule has 0 aliphatic rings. The lowest BCUT2D eigenvalue weighted by atomic mass is 10.1. The molecule has 6 nitrogen and oxygen atoms in total. The molecule has 0 amide bonds. The molecule has 0 saturated carbocycles. The largest absolute Gasteiger partial charge is 0.460 e. The number of hydrogen-bond acceptors (Lipinski definition) is 6. The van der Waals surface area contributed by atoms with E-state index in [0.29, 0.717) is 6.42 Å². The Labute approximate surface area is 81.1 Å². The maximum atomic E-state index is 11.0. The van der Waals surface area contributed by atoms with Crippen LogP contribution in [0.15, 0.2) is 0 Å². The van der Waals surface area contributed by atoms with Gasteiger partial charge in [-0.2, -0.15) is 0 Å². The van der Waals surface area contributed by atoms with Crippen LogP contribution in [-0.2, 0) is 14.3 Å². The average molecular weight is 206 g/mol. The molecule has 0 bridgehead atoms. The van der Waals surface area contributed by atoms with Crippen LogP contribution < -0.4 is 0 Å². The number of rotatable bonds is 6. The number of aliphatic hydroxyl groups excluding tert-OH is 3. The second kappa shape index (κ2) is 6.47. The van der Waals surface area contributed by atoms with E-state index in [0.717, 1.165) is 0 Å². The Morgan fingerprint density at radius 3 is 2.36 bits per heavy atom. The minimum absolute atomic E-state index is 0.0759. The smallest absolute Gasteiger partial charge is 0.377 e. The van der Waals surface area contributed by atoms with Crippen LogP contribution >= 0.6 is 0 Å². The number of aliphatic hydroxyl groups is 3. The molecule has 82 valence electrons. The van der Waals surface area contributed by atoms with Gasteiger partial charge in [0.2, 0.25) is 0 Å². The first-order valence-corrected chi connectivity index (χ1v) is 4.22. The Bertz CT molecular complexity index is 202. The van der Waals surface area contributed by atoms with E-state index in [9.17, 15) is 9.59 Å². The summed E-state index contributed by atoms with van der Waals surface area (Å²) in [7, 11) is 0. The SMILES string of the molecule is CCCOC(=O)C(=O)[C@H](O)[C@@H](O)CO. The molecule has 0 aromatic carbocycles. The van der Waals surface area contributed by atoms with Crippen LogP contribution in [0.3, 0.4) is 0 Å². The van der Waals surface area contributed by atoms with Crippen molar-refractivity contribution < 1.29 is 29.6 Å². The highest BCUT2D eigenvalue weighted by Gasteiger charge is 2.30. The number of esters is 1. The Kier molecular flexibility index (Phi) is 6.02. The summed E-state index contributed by atoms with van der Waals surface area (Å²) >= 11 is 0. The summed E-state index contributed by atoms with van der Waals surface area (Å²) in [5.74, 6) is -2.45. The normalized spacial score (nSPS) is 14.6. The van der Waals surface area contributed by atoms with Gasteiger partial charge in [-0.1, -0.05) is 6.92 Å². The fourth-order valence-corrected chi connectivity index (χ4v) is 0.661. The maximum Gasteiger partial charge on any atom is 0.377 e. The molecule has 0 radical (unpaired) electrons. The molecule has 0 rings (SSSR count). The minimum atomic E-state index is -1.93. The third kappa shape index (κ3) is 3.82. The average Bonchev–Trinajstić information content (AvgIpc) is 2.22. The first-order chi connectivity index (χ1) is 6.54. The molecule has 0 heterocycles. The lowest BCUT2D eigenvalue weighted by Gasteiger charge is -2.12. The summed E-state index contributed by atoms with van der Waals surface area (Å²) in [5, 5.41) is 26.2. The molecular formula is C8H14O6. The van der Waals surface area contributed by atoms with Gasteiger partial charge in [0.1, 0.15) is 6.10 Å². The highest BCUT2D eigenvalue weighted by Crippen LogP contribution is 1.97. The molecule has 6 heteroatoms. The van der Waals surface area contributed by atoms with E-state index in [-0.39, 0.29) is 6.61 Å². The molecular weight excluding hydrogens is 192 g/mol. The third-order valence-electron chi connectivity index (χ3n) is 1.46. The van der Waals surface area contributed by atoms with Crippen molar-refractivity contribution in [2.75, 3.05) is 13.2 Å². The minimum Gasteiger partial charge on any atom is -0.460 e.